The van der Waals surface area contributed by atoms with Crippen LogP contribution in [-0.4, -0.2) is 41.3 Å². The fourth-order valence-corrected chi connectivity index (χ4v) is 3.82. The first-order chi connectivity index (χ1) is 11.5. The molecule has 5 nitrogen and oxygen atoms in total. The Labute approximate surface area is 175 Å². The zero-order valence-electron chi connectivity index (χ0n) is 14.9. The van der Waals surface area contributed by atoms with E-state index in [1.807, 2.05) is 31.2 Å². The number of nitrogens with zero attached hydrogens (tertiary/aromatic N) is 4. The SMILES string of the molecule is CN=C(NCC1(c2ccccc2Br)CC1)N(C)Cc1cnn(C)c1.I. The number of hydrogen-bond donors (Lipinski definition) is 1. The van der Waals surface area contributed by atoms with Crippen molar-refractivity contribution in [3.8, 4) is 0 Å². The van der Waals surface area contributed by atoms with Gasteiger partial charge in [-0.15, -0.1) is 24.0 Å². The van der Waals surface area contributed by atoms with Gasteiger partial charge in [0, 0.05) is 55.9 Å². The van der Waals surface area contributed by atoms with E-state index in [1.165, 1.54) is 28.4 Å². The van der Waals surface area contributed by atoms with Crippen molar-refractivity contribution in [3.63, 3.8) is 0 Å². The zero-order chi connectivity index (χ0) is 17.2. The summed E-state index contributed by atoms with van der Waals surface area (Å²) in [6, 6.07) is 8.53. The van der Waals surface area contributed by atoms with E-state index in [1.54, 1.807) is 0 Å². The minimum atomic E-state index is 0. The molecule has 0 saturated heterocycles. The largest absolute Gasteiger partial charge is 0.355 e. The number of nitrogens with one attached hydrogen (secondary N) is 1. The van der Waals surface area contributed by atoms with E-state index in [0.717, 1.165) is 19.0 Å². The maximum absolute atomic E-state index is 4.43. The molecule has 0 atom stereocenters. The number of benzene rings is 1. The van der Waals surface area contributed by atoms with Crippen LogP contribution in [0.25, 0.3) is 0 Å². The van der Waals surface area contributed by atoms with Gasteiger partial charge in [-0.1, -0.05) is 34.1 Å². The van der Waals surface area contributed by atoms with E-state index >= 15 is 0 Å². The molecular weight excluding hydrogens is 493 g/mol. The Balaban J connectivity index is 0.00000225. The van der Waals surface area contributed by atoms with Gasteiger partial charge in [0.2, 0.25) is 0 Å². The van der Waals surface area contributed by atoms with Crippen molar-refractivity contribution in [2.75, 3.05) is 20.6 Å². The number of guanidine groups is 1. The van der Waals surface area contributed by atoms with E-state index in [4.69, 9.17) is 0 Å². The second-order valence-electron chi connectivity index (χ2n) is 6.54. The third-order valence-corrected chi connectivity index (χ3v) is 5.33. The summed E-state index contributed by atoms with van der Waals surface area (Å²) >= 11 is 3.69. The monoisotopic (exact) mass is 517 g/mol. The maximum Gasteiger partial charge on any atom is 0.193 e. The van der Waals surface area contributed by atoms with Gasteiger partial charge in [-0.3, -0.25) is 9.67 Å². The lowest BCUT2D eigenvalue weighted by Gasteiger charge is -2.25. The Hall–Kier alpha value is -1.09. The normalized spacial score (nSPS) is 15.4. The van der Waals surface area contributed by atoms with Crippen molar-refractivity contribution in [2.24, 2.45) is 12.0 Å². The first-order valence-corrected chi connectivity index (χ1v) is 8.98. The Morgan fingerprint density at radius 3 is 2.68 bits per heavy atom. The molecule has 1 aliphatic rings. The molecule has 0 unspecified atom stereocenters. The maximum atomic E-state index is 4.43. The topological polar surface area (TPSA) is 45.5 Å². The van der Waals surface area contributed by atoms with Crippen molar-refractivity contribution < 1.29 is 0 Å². The van der Waals surface area contributed by atoms with Gasteiger partial charge in [0.25, 0.3) is 0 Å². The summed E-state index contributed by atoms with van der Waals surface area (Å²) in [6.07, 6.45) is 6.36. The lowest BCUT2D eigenvalue weighted by Crippen LogP contribution is -2.42. The summed E-state index contributed by atoms with van der Waals surface area (Å²) in [7, 11) is 5.82. The molecule has 7 heteroatoms. The van der Waals surface area contributed by atoms with E-state index < -0.39 is 0 Å². The Kier molecular flexibility index (Phi) is 6.90. The van der Waals surface area contributed by atoms with Gasteiger partial charge >= 0.3 is 0 Å². The second-order valence-corrected chi connectivity index (χ2v) is 7.39. The molecule has 25 heavy (non-hydrogen) atoms. The van der Waals surface area contributed by atoms with Crippen LogP contribution in [0, 0.1) is 0 Å². The van der Waals surface area contributed by atoms with Gasteiger partial charge in [0.1, 0.15) is 0 Å². The number of aliphatic imine (C=N–C) groups is 1. The Morgan fingerprint density at radius 1 is 1.40 bits per heavy atom. The summed E-state index contributed by atoms with van der Waals surface area (Å²) in [4.78, 5) is 6.56. The fourth-order valence-electron chi connectivity index (χ4n) is 3.12. The molecule has 1 N–H and O–H groups in total. The van der Waals surface area contributed by atoms with Gasteiger partial charge in [-0.25, -0.2) is 0 Å². The number of aromatic nitrogens is 2. The number of hydrogen-bond acceptors (Lipinski definition) is 2. The quantitative estimate of drug-likeness (QED) is 0.375. The van der Waals surface area contributed by atoms with Gasteiger partial charge in [0.05, 0.1) is 6.20 Å². The molecule has 2 aromatic rings. The van der Waals surface area contributed by atoms with Crippen molar-refractivity contribution in [1.29, 1.82) is 0 Å². The molecule has 0 aliphatic heterocycles. The summed E-state index contributed by atoms with van der Waals surface area (Å²) in [5.74, 6) is 0.914. The molecule has 0 radical (unpaired) electrons. The molecule has 1 aromatic carbocycles. The van der Waals surface area contributed by atoms with Crippen LogP contribution in [-0.2, 0) is 19.0 Å². The summed E-state index contributed by atoms with van der Waals surface area (Å²) in [5, 5.41) is 7.78. The summed E-state index contributed by atoms with van der Waals surface area (Å²) in [5.41, 5.74) is 2.79. The van der Waals surface area contributed by atoms with Crippen LogP contribution in [0.4, 0.5) is 0 Å². The highest BCUT2D eigenvalue weighted by atomic mass is 127. The number of rotatable bonds is 5. The highest BCUT2D eigenvalue weighted by Crippen LogP contribution is 2.49. The van der Waals surface area contributed by atoms with Crippen LogP contribution in [0.3, 0.4) is 0 Å². The first kappa shape index (κ1) is 20.2. The molecular formula is C18H25BrIN5. The molecule has 0 amide bonds. The van der Waals surface area contributed by atoms with E-state index in [-0.39, 0.29) is 29.4 Å². The van der Waals surface area contributed by atoms with Crippen molar-refractivity contribution in [1.82, 2.24) is 20.0 Å². The first-order valence-electron chi connectivity index (χ1n) is 8.18. The molecule has 3 rings (SSSR count). The van der Waals surface area contributed by atoms with Gasteiger partial charge < -0.3 is 10.2 Å². The van der Waals surface area contributed by atoms with Gasteiger partial charge in [-0.05, 0) is 24.5 Å². The predicted octanol–water partition coefficient (Wildman–Crippen LogP) is 3.54. The van der Waals surface area contributed by atoms with Crippen LogP contribution in [0.15, 0.2) is 46.1 Å². The van der Waals surface area contributed by atoms with Crippen LogP contribution in [0.1, 0.15) is 24.0 Å². The van der Waals surface area contributed by atoms with Gasteiger partial charge in [0.15, 0.2) is 5.96 Å². The Bertz CT molecular complexity index is 739. The van der Waals surface area contributed by atoms with E-state index in [2.05, 4.69) is 67.6 Å². The van der Waals surface area contributed by atoms with E-state index in [0.29, 0.717) is 0 Å². The smallest absolute Gasteiger partial charge is 0.193 e. The average Bonchev–Trinajstić information content (AvgIpc) is 3.24. The van der Waals surface area contributed by atoms with Crippen molar-refractivity contribution in [2.45, 2.75) is 24.8 Å². The van der Waals surface area contributed by atoms with Crippen LogP contribution in [0.5, 0.6) is 0 Å². The molecule has 0 bridgehead atoms. The molecule has 0 spiro atoms. The highest BCUT2D eigenvalue weighted by molar-refractivity contribution is 14.0. The summed E-state index contributed by atoms with van der Waals surface area (Å²) in [6.45, 7) is 1.69. The molecule has 1 fully saturated rings. The third-order valence-electron chi connectivity index (χ3n) is 4.64. The number of halogens is 2. The molecule has 1 saturated carbocycles. The molecule has 1 aromatic heterocycles. The molecule has 1 aliphatic carbocycles. The Morgan fingerprint density at radius 2 is 2.12 bits per heavy atom. The lowest BCUT2D eigenvalue weighted by molar-refractivity contribution is 0.469. The third kappa shape index (κ3) is 4.75. The van der Waals surface area contributed by atoms with Crippen LogP contribution < -0.4 is 5.32 Å². The lowest BCUT2D eigenvalue weighted by atomic mass is 9.96. The average molecular weight is 518 g/mol. The summed E-state index contributed by atoms with van der Waals surface area (Å²) < 4.78 is 3.02. The van der Waals surface area contributed by atoms with Crippen LogP contribution in [0.2, 0.25) is 0 Å². The zero-order valence-corrected chi connectivity index (χ0v) is 18.8. The minimum Gasteiger partial charge on any atom is -0.355 e. The second kappa shape index (κ2) is 8.53. The highest BCUT2D eigenvalue weighted by Gasteiger charge is 2.45. The minimum absolute atomic E-state index is 0. The molecule has 1 heterocycles. The fraction of sp³-hybridized carbons (Fsp3) is 0.444. The molecule has 136 valence electrons. The van der Waals surface area contributed by atoms with Crippen LogP contribution >= 0.6 is 39.9 Å². The van der Waals surface area contributed by atoms with E-state index in [9.17, 15) is 0 Å². The standard InChI is InChI=1S/C18H24BrN5.HI/c1-20-17(23(2)11-14-10-22-24(3)12-14)21-13-18(8-9-18)15-6-4-5-7-16(15)19;/h4-7,10,12H,8-9,11,13H2,1-3H3,(H,20,21);1H. The predicted molar refractivity (Wildman–Crippen MR) is 117 cm³/mol. The number of aryl methyl sites for hydroxylation is 1. The van der Waals surface area contributed by atoms with Crippen molar-refractivity contribution >= 4 is 45.9 Å². The van der Waals surface area contributed by atoms with Crippen molar-refractivity contribution in [3.05, 3.63) is 52.3 Å². The van der Waals surface area contributed by atoms with Gasteiger partial charge in [-0.2, -0.15) is 5.10 Å².